The number of hydrogen-bond acceptors (Lipinski definition) is 2. The lowest BCUT2D eigenvalue weighted by molar-refractivity contribution is -0.121. The quantitative estimate of drug-likeness (QED) is 0.404. The molecule has 2 N–H and O–H groups in total. The fourth-order valence-corrected chi connectivity index (χ4v) is 4.06. The number of ketones is 1. The smallest absolute Gasteiger partial charge is 0.222 e. The molecule has 3 aromatic carbocycles. The zero-order valence-electron chi connectivity index (χ0n) is 17.6. The minimum absolute atomic E-state index is 0.101. The minimum atomic E-state index is -0.356. The van der Waals surface area contributed by atoms with Gasteiger partial charge >= 0.3 is 0 Å². The van der Waals surface area contributed by atoms with Crippen molar-refractivity contribution in [2.45, 2.75) is 26.3 Å². The van der Waals surface area contributed by atoms with Crippen LogP contribution < -0.4 is 5.73 Å². The molecule has 0 aliphatic heterocycles. The summed E-state index contributed by atoms with van der Waals surface area (Å²) in [4.78, 5) is 25.4. The first-order valence-corrected chi connectivity index (χ1v) is 10.6. The third-order valence-electron chi connectivity index (χ3n) is 5.72. The summed E-state index contributed by atoms with van der Waals surface area (Å²) in [6, 6.07) is 27.9. The Kier molecular flexibility index (Phi) is 5.99. The summed E-state index contributed by atoms with van der Waals surface area (Å²) < 4.78 is 2.08. The van der Waals surface area contributed by atoms with Gasteiger partial charge in [0, 0.05) is 23.9 Å². The molecule has 4 rings (SSSR count). The minimum Gasteiger partial charge on any atom is -0.369 e. The van der Waals surface area contributed by atoms with E-state index >= 15 is 0 Å². The number of rotatable bonds is 8. The van der Waals surface area contributed by atoms with E-state index < -0.39 is 0 Å². The van der Waals surface area contributed by atoms with Crippen molar-refractivity contribution in [2.24, 2.45) is 11.7 Å². The first-order chi connectivity index (χ1) is 15.1. The Labute approximate surface area is 182 Å². The molecular formula is C27H26N2O2. The summed E-state index contributed by atoms with van der Waals surface area (Å²) in [6.45, 7) is 2.24. The third-order valence-corrected chi connectivity index (χ3v) is 5.72. The van der Waals surface area contributed by atoms with Crippen LogP contribution in [-0.4, -0.2) is 16.3 Å². The lowest BCUT2D eigenvalue weighted by Gasteiger charge is -2.15. The molecule has 0 spiro atoms. The standard InChI is InChI=1S/C27H26N2O2/c1-19(27(28)31)18-29-23-15-9-8-14-22(23)25(26(29)21-12-6-3-7-13-21)24(30)17-16-20-10-4-2-5-11-20/h2-15,19H,16-18H2,1H3,(H2,28,31). The second-order valence-electron chi connectivity index (χ2n) is 7.93. The summed E-state index contributed by atoms with van der Waals surface area (Å²) in [6.07, 6.45) is 1.11. The molecule has 4 heteroatoms. The SMILES string of the molecule is CC(Cn1c(-c2ccccc2)c(C(=O)CCc2ccccc2)c2ccccc21)C(N)=O. The molecule has 0 saturated carbocycles. The lowest BCUT2D eigenvalue weighted by Crippen LogP contribution is -2.25. The lowest BCUT2D eigenvalue weighted by atomic mass is 9.97. The monoisotopic (exact) mass is 410 g/mol. The molecule has 1 atom stereocenters. The number of amides is 1. The number of fused-ring (bicyclic) bond motifs is 1. The average Bonchev–Trinajstić information content (AvgIpc) is 3.13. The van der Waals surface area contributed by atoms with Crippen molar-refractivity contribution in [3.8, 4) is 11.3 Å². The topological polar surface area (TPSA) is 65.1 Å². The molecule has 156 valence electrons. The number of primary amides is 1. The Balaban J connectivity index is 1.85. The number of Topliss-reactive ketones (excluding diaryl/α,β-unsaturated/α-hetero) is 1. The van der Waals surface area contributed by atoms with Crippen LogP contribution in [0.25, 0.3) is 22.2 Å². The zero-order valence-corrected chi connectivity index (χ0v) is 17.6. The summed E-state index contributed by atoms with van der Waals surface area (Å²) in [5.41, 5.74) is 10.2. The Hall–Kier alpha value is -3.66. The molecule has 0 aliphatic rings. The largest absolute Gasteiger partial charge is 0.369 e. The van der Waals surface area contributed by atoms with Gasteiger partial charge in [-0.05, 0) is 23.6 Å². The second kappa shape index (κ2) is 9.00. The average molecular weight is 411 g/mol. The van der Waals surface area contributed by atoms with E-state index in [1.807, 2.05) is 91.9 Å². The Morgan fingerprint density at radius 3 is 2.16 bits per heavy atom. The van der Waals surface area contributed by atoms with E-state index in [0.29, 0.717) is 19.4 Å². The van der Waals surface area contributed by atoms with Gasteiger partial charge in [-0.3, -0.25) is 9.59 Å². The van der Waals surface area contributed by atoms with Crippen LogP contribution in [0.3, 0.4) is 0 Å². The molecule has 1 heterocycles. The van der Waals surface area contributed by atoms with Crippen molar-refractivity contribution in [2.75, 3.05) is 0 Å². The van der Waals surface area contributed by atoms with Gasteiger partial charge in [0.05, 0.1) is 17.2 Å². The van der Waals surface area contributed by atoms with Crippen LogP contribution in [0.5, 0.6) is 0 Å². The number of benzene rings is 3. The van der Waals surface area contributed by atoms with Crippen LogP contribution in [0.4, 0.5) is 0 Å². The van der Waals surface area contributed by atoms with E-state index in [0.717, 1.165) is 33.3 Å². The van der Waals surface area contributed by atoms with E-state index in [2.05, 4.69) is 4.57 Å². The van der Waals surface area contributed by atoms with Gasteiger partial charge in [0.2, 0.25) is 5.91 Å². The zero-order chi connectivity index (χ0) is 21.8. The molecule has 1 amide bonds. The van der Waals surface area contributed by atoms with Crippen LogP contribution in [0, 0.1) is 5.92 Å². The van der Waals surface area contributed by atoms with Crippen molar-refractivity contribution < 1.29 is 9.59 Å². The van der Waals surface area contributed by atoms with E-state index in [4.69, 9.17) is 5.73 Å². The van der Waals surface area contributed by atoms with Crippen LogP contribution in [0.2, 0.25) is 0 Å². The summed E-state index contributed by atoms with van der Waals surface area (Å²) >= 11 is 0. The fraction of sp³-hybridized carbons (Fsp3) is 0.185. The van der Waals surface area contributed by atoms with Crippen molar-refractivity contribution in [3.05, 3.63) is 96.1 Å². The summed E-state index contributed by atoms with van der Waals surface area (Å²) in [7, 11) is 0. The molecule has 0 bridgehead atoms. The highest BCUT2D eigenvalue weighted by Gasteiger charge is 2.25. The molecule has 4 aromatic rings. The maximum absolute atomic E-state index is 13.6. The number of aryl methyl sites for hydroxylation is 1. The van der Waals surface area contributed by atoms with Crippen molar-refractivity contribution >= 4 is 22.6 Å². The van der Waals surface area contributed by atoms with Crippen molar-refractivity contribution in [1.29, 1.82) is 0 Å². The number of aromatic nitrogens is 1. The van der Waals surface area contributed by atoms with E-state index in [-0.39, 0.29) is 17.6 Å². The maximum atomic E-state index is 13.6. The van der Waals surface area contributed by atoms with Crippen LogP contribution in [-0.2, 0) is 17.8 Å². The molecule has 4 nitrogen and oxygen atoms in total. The van der Waals surface area contributed by atoms with Gasteiger partial charge in [-0.1, -0.05) is 85.8 Å². The second-order valence-corrected chi connectivity index (χ2v) is 7.93. The molecule has 0 radical (unpaired) electrons. The highest BCUT2D eigenvalue weighted by atomic mass is 16.1. The predicted octanol–water partition coefficient (Wildman–Crippen LogP) is 5.25. The Morgan fingerprint density at radius 1 is 0.871 bits per heavy atom. The predicted molar refractivity (Wildman–Crippen MR) is 125 cm³/mol. The van der Waals surface area contributed by atoms with E-state index in [1.54, 1.807) is 0 Å². The Morgan fingerprint density at radius 2 is 1.48 bits per heavy atom. The highest BCUT2D eigenvalue weighted by molar-refractivity contribution is 6.13. The number of hydrogen-bond donors (Lipinski definition) is 1. The third kappa shape index (κ3) is 4.29. The molecule has 1 aromatic heterocycles. The molecule has 1 unspecified atom stereocenters. The Bertz CT molecular complexity index is 1210. The number of nitrogens with zero attached hydrogens (tertiary/aromatic N) is 1. The molecule has 0 aliphatic carbocycles. The first kappa shape index (κ1) is 20.6. The number of carbonyl (C=O) groups is 2. The van der Waals surface area contributed by atoms with Gasteiger partial charge in [0.1, 0.15) is 0 Å². The van der Waals surface area contributed by atoms with Gasteiger partial charge in [-0.2, -0.15) is 0 Å². The van der Waals surface area contributed by atoms with E-state index in [1.165, 1.54) is 0 Å². The summed E-state index contributed by atoms with van der Waals surface area (Å²) in [5.74, 6) is -0.608. The van der Waals surface area contributed by atoms with Gasteiger partial charge < -0.3 is 10.3 Å². The van der Waals surface area contributed by atoms with Crippen LogP contribution in [0.1, 0.15) is 29.3 Å². The van der Waals surface area contributed by atoms with Crippen LogP contribution in [0.15, 0.2) is 84.9 Å². The molecule has 31 heavy (non-hydrogen) atoms. The highest BCUT2D eigenvalue weighted by Crippen LogP contribution is 2.35. The van der Waals surface area contributed by atoms with E-state index in [9.17, 15) is 9.59 Å². The summed E-state index contributed by atoms with van der Waals surface area (Å²) in [5, 5.41) is 0.913. The fourth-order valence-electron chi connectivity index (χ4n) is 4.06. The van der Waals surface area contributed by atoms with Crippen molar-refractivity contribution in [1.82, 2.24) is 4.57 Å². The van der Waals surface area contributed by atoms with Gasteiger partial charge in [0.25, 0.3) is 0 Å². The maximum Gasteiger partial charge on any atom is 0.222 e. The van der Waals surface area contributed by atoms with Crippen molar-refractivity contribution in [3.63, 3.8) is 0 Å². The first-order valence-electron chi connectivity index (χ1n) is 10.6. The van der Waals surface area contributed by atoms with Crippen LogP contribution >= 0.6 is 0 Å². The molecule has 0 saturated heterocycles. The number of nitrogens with two attached hydrogens (primary N) is 1. The number of para-hydroxylation sites is 1. The normalized spacial score (nSPS) is 12.0. The van der Waals surface area contributed by atoms with Gasteiger partial charge in [-0.25, -0.2) is 0 Å². The number of carbonyl (C=O) groups excluding carboxylic acids is 2. The van der Waals surface area contributed by atoms with Gasteiger partial charge in [-0.15, -0.1) is 0 Å². The molecular weight excluding hydrogens is 384 g/mol. The molecule has 0 fully saturated rings. The van der Waals surface area contributed by atoms with Gasteiger partial charge in [0.15, 0.2) is 5.78 Å².